The number of aryl methyl sites for hydroxylation is 1. The number of hydrogen-bond donors (Lipinski definition) is 1. The number of carbonyl (C=O) groups excluding carboxylic acids is 1. The van der Waals surface area contributed by atoms with Crippen molar-refractivity contribution in [2.75, 3.05) is 6.54 Å². The van der Waals surface area contributed by atoms with Crippen molar-refractivity contribution in [3.05, 3.63) is 92.7 Å². The molecule has 0 unspecified atom stereocenters. The van der Waals surface area contributed by atoms with Crippen LogP contribution in [-0.2, 0) is 17.6 Å². The molecule has 0 aliphatic carbocycles. The average molecular weight is 444 g/mol. The Morgan fingerprint density at radius 1 is 1.06 bits per heavy atom. The van der Waals surface area contributed by atoms with Crippen molar-refractivity contribution in [1.82, 2.24) is 5.32 Å². The molecule has 5 nitrogen and oxygen atoms in total. The Morgan fingerprint density at radius 3 is 2.69 bits per heavy atom. The first-order chi connectivity index (χ1) is 15.6. The molecule has 0 spiro atoms. The molecule has 32 heavy (non-hydrogen) atoms. The van der Waals surface area contributed by atoms with Crippen molar-refractivity contribution < 1.29 is 13.6 Å². The molecule has 0 atom stereocenters. The van der Waals surface area contributed by atoms with E-state index >= 15 is 0 Å². The average Bonchev–Trinajstić information content (AvgIpc) is 3.46. The van der Waals surface area contributed by atoms with Gasteiger partial charge in [-0.05, 0) is 52.9 Å². The smallest absolute Gasteiger partial charge is 0.340 e. The van der Waals surface area contributed by atoms with Gasteiger partial charge in [-0.25, -0.2) is 4.79 Å². The lowest BCUT2D eigenvalue weighted by atomic mass is 9.99. The van der Waals surface area contributed by atoms with Gasteiger partial charge in [0.05, 0.1) is 18.2 Å². The molecule has 0 aliphatic heterocycles. The molecule has 0 saturated heterocycles. The number of furan rings is 1. The molecule has 5 rings (SSSR count). The molecular formula is C26H21NO4S. The third kappa shape index (κ3) is 3.85. The third-order valence-corrected chi connectivity index (χ3v) is 6.45. The van der Waals surface area contributed by atoms with Crippen molar-refractivity contribution in [2.24, 2.45) is 0 Å². The van der Waals surface area contributed by atoms with Gasteiger partial charge in [0.15, 0.2) is 0 Å². The highest BCUT2D eigenvalue weighted by atomic mass is 32.1. The van der Waals surface area contributed by atoms with Crippen molar-refractivity contribution in [3.8, 4) is 11.1 Å². The van der Waals surface area contributed by atoms with E-state index in [1.807, 2.05) is 54.8 Å². The molecular weight excluding hydrogens is 422 g/mol. The molecule has 160 valence electrons. The van der Waals surface area contributed by atoms with E-state index in [1.54, 1.807) is 23.7 Å². The van der Waals surface area contributed by atoms with Crippen LogP contribution in [0.25, 0.3) is 33.1 Å². The monoisotopic (exact) mass is 443 g/mol. The Labute approximate surface area is 188 Å². The second-order valence-electron chi connectivity index (χ2n) is 7.76. The van der Waals surface area contributed by atoms with Gasteiger partial charge in [0.25, 0.3) is 0 Å². The van der Waals surface area contributed by atoms with Crippen LogP contribution in [0.3, 0.4) is 0 Å². The second-order valence-corrected chi connectivity index (χ2v) is 8.54. The highest BCUT2D eigenvalue weighted by Gasteiger charge is 2.17. The first-order valence-corrected chi connectivity index (χ1v) is 11.3. The van der Waals surface area contributed by atoms with E-state index in [2.05, 4.69) is 10.7 Å². The van der Waals surface area contributed by atoms with Crippen LogP contribution < -0.4 is 10.9 Å². The number of hydrogen-bond acceptors (Lipinski definition) is 5. The zero-order valence-corrected chi connectivity index (χ0v) is 18.3. The Balaban J connectivity index is 1.46. The van der Waals surface area contributed by atoms with Gasteiger partial charge in [0.2, 0.25) is 5.91 Å². The van der Waals surface area contributed by atoms with Gasteiger partial charge < -0.3 is 14.2 Å². The van der Waals surface area contributed by atoms with Gasteiger partial charge in [-0.2, -0.15) is 11.3 Å². The van der Waals surface area contributed by atoms with Crippen LogP contribution in [0.5, 0.6) is 0 Å². The number of amides is 1. The molecule has 3 heterocycles. The van der Waals surface area contributed by atoms with Crippen molar-refractivity contribution in [2.45, 2.75) is 19.8 Å². The van der Waals surface area contributed by atoms with Gasteiger partial charge in [0.1, 0.15) is 11.2 Å². The molecule has 5 aromatic rings. The number of thiophene rings is 1. The normalized spacial score (nSPS) is 11.3. The molecule has 0 fully saturated rings. The third-order valence-electron chi connectivity index (χ3n) is 5.72. The minimum absolute atomic E-state index is 0.0112. The fourth-order valence-corrected chi connectivity index (χ4v) is 4.66. The van der Waals surface area contributed by atoms with Gasteiger partial charge >= 0.3 is 5.63 Å². The van der Waals surface area contributed by atoms with Crippen molar-refractivity contribution in [3.63, 3.8) is 0 Å². The van der Waals surface area contributed by atoms with Crippen LogP contribution in [0.4, 0.5) is 0 Å². The fourth-order valence-electron chi connectivity index (χ4n) is 3.96. The van der Waals surface area contributed by atoms with Gasteiger partial charge in [0, 0.05) is 28.9 Å². The first kappa shape index (κ1) is 20.3. The maximum Gasteiger partial charge on any atom is 0.340 e. The van der Waals surface area contributed by atoms with Gasteiger partial charge in [-0.3, -0.25) is 4.79 Å². The van der Waals surface area contributed by atoms with Crippen LogP contribution in [0.2, 0.25) is 0 Å². The summed E-state index contributed by atoms with van der Waals surface area (Å²) in [5.41, 5.74) is 4.97. The first-order valence-electron chi connectivity index (χ1n) is 10.4. The zero-order valence-electron chi connectivity index (χ0n) is 17.5. The summed E-state index contributed by atoms with van der Waals surface area (Å²) < 4.78 is 11.3. The summed E-state index contributed by atoms with van der Waals surface area (Å²) in [6, 6.07) is 15.7. The summed E-state index contributed by atoms with van der Waals surface area (Å²) in [7, 11) is 0. The van der Waals surface area contributed by atoms with Crippen LogP contribution in [0.1, 0.15) is 16.7 Å². The molecule has 3 aromatic heterocycles. The standard InChI is InChI=1S/C26H21NO4S/c1-16-19-11-21-22(18-5-3-2-4-6-18)14-30-23(21)13-24(19)31-26(29)20(16)12-25(28)27-9-7-17-8-10-32-15-17/h2-6,8,10-11,13-15H,7,9,12H2,1H3,(H,27,28). The van der Waals surface area contributed by atoms with E-state index in [1.165, 1.54) is 5.56 Å². The van der Waals surface area contributed by atoms with Crippen LogP contribution in [0.15, 0.2) is 79.2 Å². The highest BCUT2D eigenvalue weighted by molar-refractivity contribution is 7.07. The Hall–Kier alpha value is -3.64. The topological polar surface area (TPSA) is 72.5 Å². The van der Waals surface area contributed by atoms with E-state index in [4.69, 9.17) is 8.83 Å². The van der Waals surface area contributed by atoms with E-state index in [-0.39, 0.29) is 12.3 Å². The summed E-state index contributed by atoms with van der Waals surface area (Å²) in [6.45, 7) is 2.39. The van der Waals surface area contributed by atoms with E-state index < -0.39 is 5.63 Å². The summed E-state index contributed by atoms with van der Waals surface area (Å²) in [6.07, 6.45) is 2.47. The fraction of sp³-hybridized carbons (Fsp3) is 0.154. The van der Waals surface area contributed by atoms with E-state index in [9.17, 15) is 9.59 Å². The molecule has 1 amide bonds. The van der Waals surface area contributed by atoms with E-state index in [0.717, 1.165) is 33.9 Å². The Kier molecular flexibility index (Phi) is 5.37. The Morgan fingerprint density at radius 2 is 1.91 bits per heavy atom. The maximum atomic E-state index is 12.6. The number of carbonyl (C=O) groups is 1. The highest BCUT2D eigenvalue weighted by Crippen LogP contribution is 2.34. The van der Waals surface area contributed by atoms with Gasteiger partial charge in [-0.15, -0.1) is 0 Å². The maximum absolute atomic E-state index is 12.6. The minimum Gasteiger partial charge on any atom is -0.464 e. The van der Waals surface area contributed by atoms with Gasteiger partial charge in [-0.1, -0.05) is 30.3 Å². The largest absolute Gasteiger partial charge is 0.464 e. The number of nitrogens with one attached hydrogen (secondary N) is 1. The van der Waals surface area contributed by atoms with Crippen LogP contribution >= 0.6 is 11.3 Å². The Bertz CT molecular complexity index is 1460. The summed E-state index contributed by atoms with van der Waals surface area (Å²) in [4.78, 5) is 25.1. The predicted octanol–water partition coefficient (Wildman–Crippen LogP) is 5.48. The molecule has 0 aliphatic rings. The second kappa shape index (κ2) is 8.48. The lowest BCUT2D eigenvalue weighted by Gasteiger charge is -2.09. The zero-order chi connectivity index (χ0) is 22.1. The SMILES string of the molecule is Cc1c(CC(=O)NCCc2ccsc2)c(=O)oc2cc3occ(-c4ccccc4)c3cc12. The number of benzene rings is 2. The van der Waals surface area contributed by atoms with Crippen LogP contribution in [0, 0.1) is 6.92 Å². The summed E-state index contributed by atoms with van der Waals surface area (Å²) >= 11 is 1.63. The molecule has 0 bridgehead atoms. The van der Waals surface area contributed by atoms with Crippen molar-refractivity contribution >= 4 is 39.2 Å². The summed E-state index contributed by atoms with van der Waals surface area (Å²) in [5, 5.41) is 8.72. The predicted molar refractivity (Wildman–Crippen MR) is 127 cm³/mol. The molecule has 0 radical (unpaired) electrons. The molecule has 6 heteroatoms. The quantitative estimate of drug-likeness (QED) is 0.353. The van der Waals surface area contributed by atoms with E-state index in [0.29, 0.717) is 23.3 Å². The lowest BCUT2D eigenvalue weighted by molar-refractivity contribution is -0.120. The minimum atomic E-state index is -0.489. The molecule has 0 saturated carbocycles. The summed E-state index contributed by atoms with van der Waals surface area (Å²) in [5.74, 6) is -0.190. The molecule has 1 N–H and O–H groups in total. The molecule has 2 aromatic carbocycles. The van der Waals surface area contributed by atoms with Crippen molar-refractivity contribution in [1.29, 1.82) is 0 Å². The number of rotatable bonds is 6. The lowest BCUT2D eigenvalue weighted by Crippen LogP contribution is -2.29. The van der Waals surface area contributed by atoms with Crippen LogP contribution in [-0.4, -0.2) is 12.5 Å². The number of fused-ring (bicyclic) bond motifs is 2.